The van der Waals surface area contributed by atoms with Crippen LogP contribution in [0.1, 0.15) is 28.0 Å². The van der Waals surface area contributed by atoms with Gasteiger partial charge in [-0.3, -0.25) is 0 Å². The molecule has 0 saturated heterocycles. The molecular formula is C9H9F3N2O2. The lowest BCUT2D eigenvalue weighted by Crippen LogP contribution is -2.14. The lowest BCUT2D eigenvalue weighted by atomic mass is 10.1. The molecule has 0 aromatic carbocycles. The lowest BCUT2D eigenvalue weighted by molar-refractivity contribution is 0.0597. The van der Waals surface area contributed by atoms with Gasteiger partial charge in [-0.25, -0.2) is 18.6 Å². The summed E-state index contributed by atoms with van der Waals surface area (Å²) in [5.74, 6) is -2.10. The first kappa shape index (κ1) is 12.4. The van der Waals surface area contributed by atoms with Crippen LogP contribution in [-0.2, 0) is 11.3 Å². The summed E-state index contributed by atoms with van der Waals surface area (Å²) < 4.78 is 42.3. The number of nitrogens with zero attached hydrogens (tertiary/aromatic N) is 1. The van der Waals surface area contributed by atoms with E-state index in [4.69, 9.17) is 5.73 Å². The molecule has 0 radical (unpaired) electrons. The van der Waals surface area contributed by atoms with Crippen LogP contribution < -0.4 is 5.73 Å². The Morgan fingerprint density at radius 3 is 2.69 bits per heavy atom. The van der Waals surface area contributed by atoms with E-state index in [-0.39, 0.29) is 17.7 Å². The van der Waals surface area contributed by atoms with Crippen LogP contribution in [-0.4, -0.2) is 18.1 Å². The number of alkyl halides is 2. The fourth-order valence-corrected chi connectivity index (χ4v) is 1.25. The SMILES string of the molecule is COC(=O)c1cc(F)nc(C(F)F)c1CN. The first-order valence-electron chi connectivity index (χ1n) is 4.27. The average molecular weight is 234 g/mol. The van der Waals surface area contributed by atoms with Crippen molar-refractivity contribution in [1.29, 1.82) is 0 Å². The van der Waals surface area contributed by atoms with Gasteiger partial charge in [0, 0.05) is 18.2 Å². The van der Waals surface area contributed by atoms with Crippen molar-refractivity contribution in [2.75, 3.05) is 7.11 Å². The number of carbonyl (C=O) groups excluding carboxylic acids is 1. The second kappa shape index (κ2) is 4.93. The molecule has 1 heterocycles. The van der Waals surface area contributed by atoms with Gasteiger partial charge in [0.1, 0.15) is 5.69 Å². The van der Waals surface area contributed by atoms with Crippen molar-refractivity contribution in [1.82, 2.24) is 4.98 Å². The molecule has 0 unspecified atom stereocenters. The minimum atomic E-state index is -3.00. The van der Waals surface area contributed by atoms with E-state index in [9.17, 15) is 18.0 Å². The summed E-state index contributed by atoms with van der Waals surface area (Å²) in [6.45, 7) is -0.350. The van der Waals surface area contributed by atoms with Crippen LogP contribution in [0.2, 0.25) is 0 Å². The van der Waals surface area contributed by atoms with Gasteiger partial charge < -0.3 is 10.5 Å². The molecule has 0 aliphatic rings. The summed E-state index contributed by atoms with van der Waals surface area (Å²) in [7, 11) is 1.06. The van der Waals surface area contributed by atoms with E-state index in [2.05, 4.69) is 9.72 Å². The topological polar surface area (TPSA) is 65.2 Å². The standard InChI is InChI=1S/C9H9F3N2O2/c1-16-9(15)4-2-6(10)14-7(8(11)12)5(4)3-13/h2,8H,3,13H2,1H3. The highest BCUT2D eigenvalue weighted by molar-refractivity contribution is 5.91. The molecule has 1 aromatic heterocycles. The Balaban J connectivity index is 3.41. The number of esters is 1. The van der Waals surface area contributed by atoms with Crippen LogP contribution >= 0.6 is 0 Å². The molecule has 0 fully saturated rings. The molecule has 7 heteroatoms. The maximum atomic E-state index is 12.9. The highest BCUT2D eigenvalue weighted by Crippen LogP contribution is 2.24. The number of halogens is 3. The molecule has 0 amide bonds. The van der Waals surface area contributed by atoms with Crippen molar-refractivity contribution in [3.05, 3.63) is 28.8 Å². The molecule has 88 valence electrons. The number of pyridine rings is 1. The van der Waals surface area contributed by atoms with Crippen LogP contribution in [0, 0.1) is 5.95 Å². The van der Waals surface area contributed by atoms with Crippen molar-refractivity contribution in [3.63, 3.8) is 0 Å². The minimum Gasteiger partial charge on any atom is -0.465 e. The van der Waals surface area contributed by atoms with E-state index in [1.807, 2.05) is 0 Å². The quantitative estimate of drug-likeness (QED) is 0.634. The van der Waals surface area contributed by atoms with Crippen LogP contribution in [0.15, 0.2) is 6.07 Å². The molecule has 1 rings (SSSR count). The fourth-order valence-electron chi connectivity index (χ4n) is 1.25. The zero-order valence-electron chi connectivity index (χ0n) is 8.34. The summed E-state index contributed by atoms with van der Waals surface area (Å²) in [6.07, 6.45) is -3.00. The maximum Gasteiger partial charge on any atom is 0.338 e. The third-order valence-corrected chi connectivity index (χ3v) is 1.94. The number of hydrogen-bond donors (Lipinski definition) is 1. The number of rotatable bonds is 3. The number of hydrogen-bond acceptors (Lipinski definition) is 4. The van der Waals surface area contributed by atoms with E-state index in [0.717, 1.165) is 13.2 Å². The van der Waals surface area contributed by atoms with Gasteiger partial charge in [-0.1, -0.05) is 0 Å². The van der Waals surface area contributed by atoms with E-state index >= 15 is 0 Å². The van der Waals surface area contributed by atoms with Gasteiger partial charge in [0.05, 0.1) is 12.7 Å². The molecule has 4 nitrogen and oxygen atoms in total. The number of nitrogens with two attached hydrogens (primary N) is 1. The van der Waals surface area contributed by atoms with Gasteiger partial charge in [-0.15, -0.1) is 0 Å². The Morgan fingerprint density at radius 2 is 2.25 bits per heavy atom. The average Bonchev–Trinajstić information content (AvgIpc) is 2.26. The Kier molecular flexibility index (Phi) is 3.83. The minimum absolute atomic E-state index is 0.205. The normalized spacial score (nSPS) is 10.6. The summed E-state index contributed by atoms with van der Waals surface area (Å²) in [4.78, 5) is 14.2. The van der Waals surface area contributed by atoms with Crippen LogP contribution in [0.25, 0.3) is 0 Å². The molecule has 0 spiro atoms. The molecule has 0 saturated carbocycles. The van der Waals surface area contributed by atoms with Gasteiger partial charge in [-0.2, -0.15) is 4.39 Å². The van der Waals surface area contributed by atoms with Gasteiger partial charge in [0.15, 0.2) is 0 Å². The third kappa shape index (κ3) is 2.30. The molecule has 1 aromatic rings. The molecular weight excluding hydrogens is 225 g/mol. The molecule has 0 aliphatic carbocycles. The Labute approximate surface area is 89.2 Å². The molecule has 0 bridgehead atoms. The number of methoxy groups -OCH3 is 1. The second-order valence-electron chi connectivity index (χ2n) is 2.85. The molecule has 0 atom stereocenters. The smallest absolute Gasteiger partial charge is 0.338 e. The van der Waals surface area contributed by atoms with Crippen LogP contribution in [0.4, 0.5) is 13.2 Å². The number of ether oxygens (including phenoxy) is 1. The predicted molar refractivity (Wildman–Crippen MR) is 48.4 cm³/mol. The summed E-state index contributed by atoms with van der Waals surface area (Å²) in [5.41, 5.74) is 3.87. The van der Waals surface area contributed by atoms with Crippen LogP contribution in [0.5, 0.6) is 0 Å². The predicted octanol–water partition coefficient (Wildman–Crippen LogP) is 1.40. The van der Waals surface area contributed by atoms with E-state index in [1.54, 1.807) is 0 Å². The zero-order valence-corrected chi connectivity index (χ0v) is 8.34. The second-order valence-corrected chi connectivity index (χ2v) is 2.85. The van der Waals surface area contributed by atoms with Crippen LogP contribution in [0.3, 0.4) is 0 Å². The Hall–Kier alpha value is -1.63. The van der Waals surface area contributed by atoms with Crippen molar-refractivity contribution < 1.29 is 22.7 Å². The fraction of sp³-hybridized carbons (Fsp3) is 0.333. The van der Waals surface area contributed by atoms with Crippen molar-refractivity contribution >= 4 is 5.97 Å². The molecule has 16 heavy (non-hydrogen) atoms. The van der Waals surface area contributed by atoms with Crippen molar-refractivity contribution in [3.8, 4) is 0 Å². The monoisotopic (exact) mass is 234 g/mol. The van der Waals surface area contributed by atoms with Crippen molar-refractivity contribution in [2.24, 2.45) is 5.73 Å². The van der Waals surface area contributed by atoms with E-state index < -0.39 is 24.0 Å². The Morgan fingerprint density at radius 1 is 1.62 bits per heavy atom. The maximum absolute atomic E-state index is 12.9. The highest BCUT2D eigenvalue weighted by atomic mass is 19.3. The molecule has 0 aliphatic heterocycles. The van der Waals surface area contributed by atoms with Crippen molar-refractivity contribution in [2.45, 2.75) is 13.0 Å². The largest absolute Gasteiger partial charge is 0.465 e. The molecule has 2 N–H and O–H groups in total. The first-order chi connectivity index (χ1) is 7.51. The van der Waals surface area contributed by atoms with Gasteiger partial charge >= 0.3 is 5.97 Å². The highest BCUT2D eigenvalue weighted by Gasteiger charge is 2.22. The Bertz CT molecular complexity index is 410. The summed E-state index contributed by atoms with van der Waals surface area (Å²) in [6, 6.07) is 0.722. The van der Waals surface area contributed by atoms with Gasteiger partial charge in [-0.05, 0) is 0 Å². The number of carbonyl (C=O) groups is 1. The summed E-state index contributed by atoms with van der Waals surface area (Å²) in [5, 5.41) is 0. The van der Waals surface area contributed by atoms with Gasteiger partial charge in [0.25, 0.3) is 6.43 Å². The third-order valence-electron chi connectivity index (χ3n) is 1.94. The zero-order chi connectivity index (χ0) is 12.3. The van der Waals surface area contributed by atoms with Gasteiger partial charge in [0.2, 0.25) is 5.95 Å². The van der Waals surface area contributed by atoms with E-state index in [1.165, 1.54) is 0 Å². The number of aromatic nitrogens is 1. The summed E-state index contributed by atoms with van der Waals surface area (Å²) >= 11 is 0. The first-order valence-corrected chi connectivity index (χ1v) is 4.27. The van der Waals surface area contributed by atoms with E-state index in [0.29, 0.717) is 0 Å². The lowest BCUT2D eigenvalue weighted by Gasteiger charge is -2.10.